The summed E-state index contributed by atoms with van der Waals surface area (Å²) in [5.74, 6) is 0. The van der Waals surface area contributed by atoms with E-state index in [4.69, 9.17) is 0 Å². The highest BCUT2D eigenvalue weighted by Gasteiger charge is 2.36. The van der Waals surface area contributed by atoms with Crippen LogP contribution >= 0.6 is 22.7 Å². The highest BCUT2D eigenvalue weighted by molar-refractivity contribution is 7.31. The number of para-hydroxylation sites is 1. The summed E-state index contributed by atoms with van der Waals surface area (Å²) in [6.45, 7) is 4.73. The van der Waals surface area contributed by atoms with Crippen LogP contribution < -0.4 is 4.90 Å². The molecule has 0 saturated carbocycles. The van der Waals surface area contributed by atoms with E-state index in [9.17, 15) is 0 Å². The van der Waals surface area contributed by atoms with E-state index in [0.717, 1.165) is 39.6 Å². The highest BCUT2D eigenvalue weighted by Crippen LogP contribution is 2.52. The molecule has 0 N–H and O–H groups in total. The largest absolute Gasteiger partial charge is 0.310 e. The third kappa shape index (κ3) is 6.63. The fourth-order valence-corrected chi connectivity index (χ4v) is 12.7. The first-order valence-electron chi connectivity index (χ1n) is 22.7. The van der Waals surface area contributed by atoms with Crippen molar-refractivity contribution in [2.45, 2.75) is 19.3 Å². The number of benzene rings is 7. The van der Waals surface area contributed by atoms with E-state index in [0.29, 0.717) is 0 Å². The Balaban J connectivity index is 0.890. The van der Waals surface area contributed by atoms with E-state index in [-0.39, 0.29) is 5.41 Å². The average Bonchev–Trinajstić information content (AvgIpc) is 4.12. The van der Waals surface area contributed by atoms with Gasteiger partial charge in [-0.3, -0.25) is 9.97 Å². The molecule has 0 saturated heterocycles. The molecular formula is C61H42N4S2. The maximum Gasteiger partial charge on any atom is 0.0702 e. The number of nitrogens with zero attached hydrogens (tertiary/aromatic N) is 4. The van der Waals surface area contributed by atoms with Crippen molar-refractivity contribution in [3.63, 3.8) is 0 Å². The molecule has 4 nitrogen and oxygen atoms in total. The molecule has 5 aromatic heterocycles. The highest BCUT2D eigenvalue weighted by atomic mass is 32.1. The van der Waals surface area contributed by atoms with E-state index in [1.807, 2.05) is 59.3 Å². The standard InChI is InChI=1S/C61H42N4S2/c1-61(2)51-24-7-6-23-47(51)48-35-50-49-34-42(27-28-55(49)65(56(50)36-52(48)61)43-18-4-3-5-19-43)58-38-60-59(67-58)37-57(66-60)41-17-14-22-46(33-41)64(44-20-12-15-39(31-44)53-25-8-10-29-62-53)45-21-13-16-40(32-45)54-26-9-11-30-63-54/h3-38H,1-2H3. The minimum Gasteiger partial charge on any atom is -0.310 e. The van der Waals surface area contributed by atoms with Crippen LogP contribution in [0.25, 0.3) is 91.4 Å². The van der Waals surface area contributed by atoms with Gasteiger partial charge in [0.2, 0.25) is 0 Å². The van der Waals surface area contributed by atoms with Crippen molar-refractivity contribution in [1.82, 2.24) is 14.5 Å². The minimum absolute atomic E-state index is 0.0790. The van der Waals surface area contributed by atoms with Crippen LogP contribution in [0.1, 0.15) is 25.0 Å². The molecule has 0 amide bonds. The number of hydrogen-bond acceptors (Lipinski definition) is 5. The molecule has 318 valence electrons. The van der Waals surface area contributed by atoms with Gasteiger partial charge in [-0.25, -0.2) is 0 Å². The van der Waals surface area contributed by atoms with Gasteiger partial charge in [0.15, 0.2) is 0 Å². The van der Waals surface area contributed by atoms with Gasteiger partial charge in [0.25, 0.3) is 0 Å². The number of aromatic nitrogens is 3. The van der Waals surface area contributed by atoms with E-state index in [2.05, 4.69) is 215 Å². The van der Waals surface area contributed by atoms with Crippen molar-refractivity contribution >= 4 is 70.9 Å². The summed E-state index contributed by atoms with van der Waals surface area (Å²) in [7, 11) is 0. The topological polar surface area (TPSA) is 34.0 Å². The molecule has 0 aliphatic heterocycles. The molecule has 0 fully saturated rings. The predicted octanol–water partition coefficient (Wildman–Crippen LogP) is 17.3. The normalized spacial score (nSPS) is 12.7. The van der Waals surface area contributed by atoms with Crippen molar-refractivity contribution in [3.8, 4) is 60.2 Å². The van der Waals surface area contributed by atoms with Gasteiger partial charge >= 0.3 is 0 Å². The number of hydrogen-bond donors (Lipinski definition) is 0. The van der Waals surface area contributed by atoms with Crippen molar-refractivity contribution in [2.75, 3.05) is 4.90 Å². The summed E-state index contributed by atoms with van der Waals surface area (Å²) in [4.78, 5) is 14.2. The van der Waals surface area contributed by atoms with Crippen molar-refractivity contribution in [2.24, 2.45) is 0 Å². The number of pyridine rings is 2. The zero-order valence-electron chi connectivity index (χ0n) is 36.9. The second-order valence-electron chi connectivity index (χ2n) is 17.9. The third-order valence-electron chi connectivity index (χ3n) is 13.5. The summed E-state index contributed by atoms with van der Waals surface area (Å²) < 4.78 is 5.05. The second-order valence-corrected chi connectivity index (χ2v) is 20.0. The zero-order chi connectivity index (χ0) is 44.6. The first-order chi connectivity index (χ1) is 32.9. The Morgan fingerprint density at radius 2 is 0.970 bits per heavy atom. The summed E-state index contributed by atoms with van der Waals surface area (Å²) >= 11 is 3.74. The Bertz CT molecular complexity index is 3730. The quantitative estimate of drug-likeness (QED) is 0.152. The van der Waals surface area contributed by atoms with Gasteiger partial charge in [0, 0.05) is 81.6 Å². The second kappa shape index (κ2) is 15.6. The summed E-state index contributed by atoms with van der Waals surface area (Å²) in [6.07, 6.45) is 3.70. The molecule has 5 heterocycles. The Morgan fingerprint density at radius 3 is 1.60 bits per heavy atom. The van der Waals surface area contributed by atoms with Crippen molar-refractivity contribution < 1.29 is 0 Å². The molecule has 6 heteroatoms. The smallest absolute Gasteiger partial charge is 0.0702 e. The van der Waals surface area contributed by atoms with Crippen molar-refractivity contribution in [1.29, 1.82) is 0 Å². The number of thiophene rings is 2. The molecule has 0 bridgehead atoms. The maximum absolute atomic E-state index is 4.68. The number of anilines is 3. The Labute approximate surface area is 397 Å². The summed E-state index contributed by atoms with van der Waals surface area (Å²) in [5, 5.41) is 2.56. The van der Waals surface area contributed by atoms with Gasteiger partial charge in [-0.1, -0.05) is 111 Å². The third-order valence-corrected chi connectivity index (χ3v) is 15.9. The molecular weight excluding hydrogens is 853 g/mol. The van der Waals surface area contributed by atoms with Gasteiger partial charge < -0.3 is 9.47 Å². The molecule has 1 aliphatic carbocycles. The molecule has 1 aliphatic rings. The van der Waals surface area contributed by atoms with Gasteiger partial charge in [-0.05, 0) is 143 Å². The fraction of sp³-hybridized carbons (Fsp3) is 0.0492. The van der Waals surface area contributed by atoms with Crippen LogP contribution in [0.2, 0.25) is 0 Å². The maximum atomic E-state index is 4.68. The molecule has 13 rings (SSSR count). The lowest BCUT2D eigenvalue weighted by Crippen LogP contribution is -2.14. The van der Waals surface area contributed by atoms with E-state index < -0.39 is 0 Å². The van der Waals surface area contributed by atoms with Crippen molar-refractivity contribution in [3.05, 3.63) is 230 Å². The Hall–Kier alpha value is -7.90. The molecule has 0 atom stereocenters. The summed E-state index contributed by atoms with van der Waals surface area (Å²) in [6, 6.07) is 74.9. The van der Waals surface area contributed by atoms with E-state index in [1.54, 1.807) is 0 Å². The molecule has 0 unspecified atom stereocenters. The van der Waals surface area contributed by atoms with Crippen LogP contribution in [0.5, 0.6) is 0 Å². The molecule has 7 aromatic carbocycles. The van der Waals surface area contributed by atoms with Gasteiger partial charge in [-0.2, -0.15) is 0 Å². The first kappa shape index (κ1) is 39.5. The molecule has 12 aromatic rings. The summed E-state index contributed by atoms with van der Waals surface area (Å²) in [5.41, 5.74) is 18.7. The molecule has 0 radical (unpaired) electrons. The fourth-order valence-electron chi connectivity index (χ4n) is 10.3. The van der Waals surface area contributed by atoms with Gasteiger partial charge in [0.1, 0.15) is 0 Å². The van der Waals surface area contributed by atoms with Crippen LogP contribution in [0.4, 0.5) is 17.1 Å². The zero-order valence-corrected chi connectivity index (χ0v) is 38.5. The Kier molecular flexibility index (Phi) is 9.20. The number of rotatable bonds is 8. The van der Waals surface area contributed by atoms with Crippen LogP contribution in [0.3, 0.4) is 0 Å². The van der Waals surface area contributed by atoms with E-state index in [1.165, 1.54) is 80.0 Å². The molecule has 0 spiro atoms. The van der Waals surface area contributed by atoms with Crippen LogP contribution in [0.15, 0.2) is 219 Å². The lowest BCUT2D eigenvalue weighted by molar-refractivity contribution is 0.661. The van der Waals surface area contributed by atoms with Gasteiger partial charge in [0.05, 0.1) is 22.4 Å². The van der Waals surface area contributed by atoms with Gasteiger partial charge in [-0.15, -0.1) is 22.7 Å². The minimum atomic E-state index is -0.0790. The van der Waals surface area contributed by atoms with Crippen LogP contribution in [-0.2, 0) is 5.41 Å². The Morgan fingerprint density at radius 1 is 0.418 bits per heavy atom. The van der Waals surface area contributed by atoms with Crippen LogP contribution in [0, 0.1) is 0 Å². The average molecular weight is 895 g/mol. The lowest BCUT2D eigenvalue weighted by Gasteiger charge is -2.27. The lowest BCUT2D eigenvalue weighted by atomic mass is 9.82. The van der Waals surface area contributed by atoms with Crippen LogP contribution in [-0.4, -0.2) is 14.5 Å². The number of fused-ring (bicyclic) bond motifs is 7. The molecule has 67 heavy (non-hydrogen) atoms. The SMILES string of the molecule is CC1(C)c2ccccc2-c2cc3c4cc(-c5cc6sc(-c7cccc(N(c8cccc(-c9ccccn9)c8)c8cccc(-c9ccccn9)c8)c7)cc6s5)ccc4n(-c4ccccc4)c3cc21. The monoisotopic (exact) mass is 894 g/mol. The first-order valence-corrected chi connectivity index (χ1v) is 24.3. The predicted molar refractivity (Wildman–Crippen MR) is 284 cm³/mol. The van der Waals surface area contributed by atoms with E-state index >= 15 is 0 Å².